The number of anilines is 1. The maximum atomic E-state index is 13.3. The summed E-state index contributed by atoms with van der Waals surface area (Å²) in [6, 6.07) is 1.43. The van der Waals surface area contributed by atoms with Crippen LogP contribution in [-0.4, -0.2) is 17.7 Å². The van der Waals surface area contributed by atoms with E-state index in [-0.39, 0.29) is 11.9 Å². The number of amides is 1. The van der Waals surface area contributed by atoms with Crippen LogP contribution in [0.5, 0.6) is 5.75 Å². The molecule has 5 nitrogen and oxygen atoms in total. The van der Waals surface area contributed by atoms with Gasteiger partial charge in [-0.3, -0.25) is 4.79 Å². The third-order valence-electron chi connectivity index (χ3n) is 2.31. The Morgan fingerprint density at radius 3 is 2.38 bits per heavy atom. The summed E-state index contributed by atoms with van der Waals surface area (Å²) in [6.45, 7) is 0.710. The van der Waals surface area contributed by atoms with Crippen molar-refractivity contribution in [2.75, 3.05) is 11.9 Å². The van der Waals surface area contributed by atoms with E-state index < -0.39 is 41.5 Å². The van der Waals surface area contributed by atoms with Crippen LogP contribution in [0.15, 0.2) is 16.7 Å². The van der Waals surface area contributed by atoms with Crippen LogP contribution in [0.1, 0.15) is 5.76 Å². The van der Waals surface area contributed by atoms with Crippen molar-refractivity contribution in [2.45, 2.75) is 6.92 Å². The molecule has 0 bridgehead atoms. The van der Waals surface area contributed by atoms with Gasteiger partial charge in [0.15, 0.2) is 29.8 Å². The molecule has 1 aromatic carbocycles. The standard InChI is InChI=1S/C12H8F4N2O3/c1-5-2-8(18-21-5)17-9(19)4-20-12-10(15)6(13)3-7(14)11(12)16/h2-3H,4H2,1H3,(H,17,18,19). The summed E-state index contributed by atoms with van der Waals surface area (Å²) >= 11 is 0. The number of hydrogen-bond acceptors (Lipinski definition) is 4. The highest BCUT2D eigenvalue weighted by Gasteiger charge is 2.21. The minimum absolute atomic E-state index is 0.0375. The Bertz CT molecular complexity index is 661. The minimum Gasteiger partial charge on any atom is -0.477 e. The zero-order valence-electron chi connectivity index (χ0n) is 10.5. The van der Waals surface area contributed by atoms with Crippen LogP contribution in [0.4, 0.5) is 23.4 Å². The number of carbonyl (C=O) groups is 1. The largest absolute Gasteiger partial charge is 0.477 e. The van der Waals surface area contributed by atoms with E-state index in [1.54, 1.807) is 6.92 Å². The molecule has 0 radical (unpaired) electrons. The van der Waals surface area contributed by atoms with Gasteiger partial charge in [0, 0.05) is 12.1 Å². The summed E-state index contributed by atoms with van der Waals surface area (Å²) in [6.07, 6.45) is 0. The second-order valence-electron chi connectivity index (χ2n) is 3.96. The van der Waals surface area contributed by atoms with Gasteiger partial charge in [0.05, 0.1) is 0 Å². The molecule has 0 fully saturated rings. The second kappa shape index (κ2) is 5.81. The first kappa shape index (κ1) is 14.8. The van der Waals surface area contributed by atoms with Crippen molar-refractivity contribution in [1.82, 2.24) is 5.16 Å². The maximum Gasteiger partial charge on any atom is 0.263 e. The molecule has 1 N–H and O–H groups in total. The fourth-order valence-corrected chi connectivity index (χ4v) is 1.42. The van der Waals surface area contributed by atoms with Crippen molar-refractivity contribution in [3.8, 4) is 5.75 Å². The van der Waals surface area contributed by atoms with Gasteiger partial charge >= 0.3 is 0 Å². The fourth-order valence-electron chi connectivity index (χ4n) is 1.42. The van der Waals surface area contributed by atoms with E-state index >= 15 is 0 Å². The fraction of sp³-hybridized carbons (Fsp3) is 0.167. The van der Waals surface area contributed by atoms with Crippen LogP contribution in [0.25, 0.3) is 0 Å². The quantitative estimate of drug-likeness (QED) is 0.696. The topological polar surface area (TPSA) is 64.4 Å². The molecule has 21 heavy (non-hydrogen) atoms. The Balaban J connectivity index is 2.04. The van der Waals surface area contributed by atoms with Crippen molar-refractivity contribution < 1.29 is 31.6 Å². The van der Waals surface area contributed by atoms with Crippen LogP contribution < -0.4 is 10.1 Å². The normalized spacial score (nSPS) is 10.5. The molecule has 1 aromatic heterocycles. The molecule has 0 aliphatic rings. The SMILES string of the molecule is Cc1cc(NC(=O)COc2c(F)c(F)cc(F)c2F)no1. The van der Waals surface area contributed by atoms with Crippen molar-refractivity contribution in [3.63, 3.8) is 0 Å². The summed E-state index contributed by atoms with van der Waals surface area (Å²) in [5.74, 6) is -8.36. The van der Waals surface area contributed by atoms with Gasteiger partial charge in [-0.25, -0.2) is 8.78 Å². The number of halogens is 4. The molecule has 112 valence electrons. The number of aromatic nitrogens is 1. The molecule has 2 aromatic rings. The van der Waals surface area contributed by atoms with Crippen molar-refractivity contribution >= 4 is 11.7 Å². The molecule has 0 saturated carbocycles. The number of nitrogens with one attached hydrogen (secondary N) is 1. The average molecular weight is 304 g/mol. The summed E-state index contributed by atoms with van der Waals surface area (Å²) in [4.78, 5) is 11.4. The molecular formula is C12H8F4N2O3. The van der Waals surface area contributed by atoms with Crippen LogP contribution in [0.3, 0.4) is 0 Å². The van der Waals surface area contributed by atoms with Crippen LogP contribution in [0.2, 0.25) is 0 Å². The van der Waals surface area contributed by atoms with Gasteiger partial charge in [0.1, 0.15) is 5.76 Å². The highest BCUT2D eigenvalue weighted by atomic mass is 19.2. The molecule has 1 heterocycles. The van der Waals surface area contributed by atoms with Crippen LogP contribution >= 0.6 is 0 Å². The highest BCUT2D eigenvalue weighted by Crippen LogP contribution is 2.26. The first-order chi connectivity index (χ1) is 9.88. The highest BCUT2D eigenvalue weighted by molar-refractivity contribution is 5.90. The van der Waals surface area contributed by atoms with Gasteiger partial charge in [-0.15, -0.1) is 0 Å². The van der Waals surface area contributed by atoms with E-state index in [2.05, 4.69) is 19.7 Å². The number of benzene rings is 1. The lowest BCUT2D eigenvalue weighted by Gasteiger charge is -2.08. The number of aryl methyl sites for hydroxylation is 1. The zero-order chi connectivity index (χ0) is 15.6. The lowest BCUT2D eigenvalue weighted by atomic mass is 10.3. The number of hydrogen-bond donors (Lipinski definition) is 1. The number of nitrogens with zero attached hydrogens (tertiary/aromatic N) is 1. The van der Waals surface area contributed by atoms with E-state index in [1.807, 2.05) is 0 Å². The van der Waals surface area contributed by atoms with Crippen molar-refractivity contribution in [1.29, 1.82) is 0 Å². The second-order valence-corrected chi connectivity index (χ2v) is 3.96. The maximum absolute atomic E-state index is 13.3. The van der Waals surface area contributed by atoms with Gasteiger partial charge in [0.25, 0.3) is 5.91 Å². The number of rotatable bonds is 4. The Labute approximate surface area is 115 Å². The van der Waals surface area contributed by atoms with Gasteiger partial charge in [0.2, 0.25) is 11.6 Å². The van der Waals surface area contributed by atoms with E-state index in [0.717, 1.165) is 0 Å². The lowest BCUT2D eigenvalue weighted by Crippen LogP contribution is -2.21. The summed E-state index contributed by atoms with van der Waals surface area (Å²) < 4.78 is 61.5. The predicted octanol–water partition coefficient (Wildman–Crippen LogP) is 2.56. The van der Waals surface area contributed by atoms with Gasteiger partial charge < -0.3 is 14.6 Å². The Morgan fingerprint density at radius 1 is 1.24 bits per heavy atom. The van der Waals surface area contributed by atoms with Crippen molar-refractivity contribution in [2.24, 2.45) is 0 Å². The van der Waals surface area contributed by atoms with Crippen LogP contribution in [0, 0.1) is 30.2 Å². The zero-order valence-corrected chi connectivity index (χ0v) is 10.5. The van der Waals surface area contributed by atoms with Crippen LogP contribution in [-0.2, 0) is 4.79 Å². The van der Waals surface area contributed by atoms with Crippen molar-refractivity contribution in [3.05, 3.63) is 41.2 Å². The molecule has 0 aliphatic carbocycles. The third kappa shape index (κ3) is 3.30. The molecule has 0 saturated heterocycles. The molecule has 2 rings (SSSR count). The Hall–Kier alpha value is -2.58. The van der Waals surface area contributed by atoms with Gasteiger partial charge in [-0.2, -0.15) is 8.78 Å². The Kier molecular flexibility index (Phi) is 4.10. The smallest absolute Gasteiger partial charge is 0.263 e. The average Bonchev–Trinajstić information content (AvgIpc) is 2.82. The van der Waals surface area contributed by atoms with E-state index in [0.29, 0.717) is 5.76 Å². The molecule has 0 spiro atoms. The molecule has 0 aliphatic heterocycles. The monoisotopic (exact) mass is 304 g/mol. The number of carbonyl (C=O) groups excluding carboxylic acids is 1. The third-order valence-corrected chi connectivity index (χ3v) is 2.31. The van der Waals surface area contributed by atoms with Gasteiger partial charge in [-0.1, -0.05) is 5.16 Å². The van der Waals surface area contributed by atoms with E-state index in [4.69, 9.17) is 0 Å². The number of ether oxygens (including phenoxy) is 1. The van der Waals surface area contributed by atoms with Gasteiger partial charge in [-0.05, 0) is 6.92 Å². The Morgan fingerprint density at radius 2 is 1.86 bits per heavy atom. The predicted molar refractivity (Wildman–Crippen MR) is 61.6 cm³/mol. The minimum atomic E-state index is -1.72. The summed E-state index contributed by atoms with van der Waals surface area (Å²) in [7, 11) is 0. The van der Waals surface area contributed by atoms with E-state index in [9.17, 15) is 22.4 Å². The lowest BCUT2D eigenvalue weighted by molar-refractivity contribution is -0.118. The molecular weight excluding hydrogens is 296 g/mol. The summed E-state index contributed by atoms with van der Waals surface area (Å²) in [5, 5.41) is 5.64. The van der Waals surface area contributed by atoms with E-state index in [1.165, 1.54) is 6.07 Å². The molecule has 9 heteroatoms. The first-order valence-electron chi connectivity index (χ1n) is 5.57. The summed E-state index contributed by atoms with van der Waals surface area (Å²) in [5.41, 5.74) is 0. The first-order valence-corrected chi connectivity index (χ1v) is 5.57. The molecule has 1 amide bonds. The molecule has 0 unspecified atom stereocenters. The molecule has 0 atom stereocenters.